The molecule has 0 aliphatic heterocycles. The highest BCUT2D eigenvalue weighted by Crippen LogP contribution is 2.29. The van der Waals surface area contributed by atoms with Gasteiger partial charge < -0.3 is 20.1 Å². The van der Waals surface area contributed by atoms with Crippen LogP contribution in [0.2, 0.25) is 0 Å². The molecule has 0 radical (unpaired) electrons. The summed E-state index contributed by atoms with van der Waals surface area (Å²) < 4.78 is 10.2. The van der Waals surface area contributed by atoms with Gasteiger partial charge in [-0.2, -0.15) is 0 Å². The van der Waals surface area contributed by atoms with Gasteiger partial charge in [0, 0.05) is 18.3 Å². The zero-order valence-electron chi connectivity index (χ0n) is 9.66. The van der Waals surface area contributed by atoms with Crippen molar-refractivity contribution in [3.8, 4) is 11.5 Å². The summed E-state index contributed by atoms with van der Waals surface area (Å²) in [5, 5.41) is 5.32. The largest absolute Gasteiger partial charge is 0.493 e. The Balaban J connectivity index is 2.78. The Morgan fingerprint density at radius 1 is 1.25 bits per heavy atom. The van der Waals surface area contributed by atoms with Gasteiger partial charge in [0.1, 0.15) is 0 Å². The standard InChI is InChI=1S/C11H16N2O3/c1-4-12-11(14)13-8-5-6-9(15-2)10(7-8)16-3/h5-7H,4H2,1-3H3,(H2,12,13,14). The summed E-state index contributed by atoms with van der Waals surface area (Å²) >= 11 is 0. The summed E-state index contributed by atoms with van der Waals surface area (Å²) in [5.41, 5.74) is 0.656. The topological polar surface area (TPSA) is 59.6 Å². The molecule has 0 aromatic heterocycles. The lowest BCUT2D eigenvalue weighted by atomic mass is 10.3. The van der Waals surface area contributed by atoms with E-state index in [0.29, 0.717) is 23.7 Å². The number of amides is 2. The van der Waals surface area contributed by atoms with E-state index in [4.69, 9.17) is 9.47 Å². The van der Waals surface area contributed by atoms with Gasteiger partial charge in [-0.05, 0) is 19.1 Å². The van der Waals surface area contributed by atoms with Crippen LogP contribution in [0, 0.1) is 0 Å². The van der Waals surface area contributed by atoms with Crippen molar-refractivity contribution in [3.05, 3.63) is 18.2 Å². The van der Waals surface area contributed by atoms with Crippen molar-refractivity contribution in [1.82, 2.24) is 5.32 Å². The molecule has 88 valence electrons. The maximum Gasteiger partial charge on any atom is 0.319 e. The van der Waals surface area contributed by atoms with Gasteiger partial charge in [-0.25, -0.2) is 4.79 Å². The first-order valence-electron chi connectivity index (χ1n) is 4.98. The second-order valence-corrected chi connectivity index (χ2v) is 3.05. The van der Waals surface area contributed by atoms with Crippen molar-refractivity contribution in [2.45, 2.75) is 6.92 Å². The summed E-state index contributed by atoms with van der Waals surface area (Å²) in [7, 11) is 3.11. The number of hydrogen-bond acceptors (Lipinski definition) is 3. The van der Waals surface area contributed by atoms with Crippen LogP contribution in [0.5, 0.6) is 11.5 Å². The molecule has 0 atom stereocenters. The zero-order chi connectivity index (χ0) is 12.0. The molecule has 0 bridgehead atoms. The molecule has 0 spiro atoms. The summed E-state index contributed by atoms with van der Waals surface area (Å²) in [4.78, 5) is 11.3. The lowest BCUT2D eigenvalue weighted by molar-refractivity contribution is 0.252. The third-order valence-electron chi connectivity index (χ3n) is 1.98. The second-order valence-electron chi connectivity index (χ2n) is 3.05. The molecule has 1 rings (SSSR count). The molecule has 5 heteroatoms. The van der Waals surface area contributed by atoms with Crippen LogP contribution in [-0.2, 0) is 0 Å². The molecule has 0 saturated heterocycles. The van der Waals surface area contributed by atoms with Gasteiger partial charge >= 0.3 is 6.03 Å². The average Bonchev–Trinajstić information content (AvgIpc) is 2.29. The molecule has 5 nitrogen and oxygen atoms in total. The van der Waals surface area contributed by atoms with Crippen LogP contribution in [0.1, 0.15) is 6.92 Å². The fourth-order valence-corrected chi connectivity index (χ4v) is 1.25. The van der Waals surface area contributed by atoms with E-state index in [0.717, 1.165) is 0 Å². The molecule has 16 heavy (non-hydrogen) atoms. The fraction of sp³-hybridized carbons (Fsp3) is 0.364. The lowest BCUT2D eigenvalue weighted by Crippen LogP contribution is -2.28. The van der Waals surface area contributed by atoms with Crippen molar-refractivity contribution >= 4 is 11.7 Å². The van der Waals surface area contributed by atoms with E-state index in [1.807, 2.05) is 6.92 Å². The maximum atomic E-state index is 11.3. The van der Waals surface area contributed by atoms with Crippen LogP contribution in [-0.4, -0.2) is 26.8 Å². The normalized spacial score (nSPS) is 9.44. The predicted molar refractivity (Wildman–Crippen MR) is 62.2 cm³/mol. The van der Waals surface area contributed by atoms with E-state index in [1.165, 1.54) is 0 Å². The van der Waals surface area contributed by atoms with Gasteiger partial charge in [-0.3, -0.25) is 0 Å². The van der Waals surface area contributed by atoms with Gasteiger partial charge in [0.15, 0.2) is 11.5 Å². The van der Waals surface area contributed by atoms with E-state index >= 15 is 0 Å². The third-order valence-corrected chi connectivity index (χ3v) is 1.98. The van der Waals surface area contributed by atoms with Crippen molar-refractivity contribution < 1.29 is 14.3 Å². The number of ether oxygens (including phenoxy) is 2. The molecule has 0 unspecified atom stereocenters. The molecule has 0 fully saturated rings. The molecule has 1 aromatic rings. The highest BCUT2D eigenvalue weighted by molar-refractivity contribution is 5.89. The summed E-state index contributed by atoms with van der Waals surface area (Å²) in [6.07, 6.45) is 0. The minimum atomic E-state index is -0.241. The van der Waals surface area contributed by atoms with Crippen molar-refractivity contribution in [2.75, 3.05) is 26.1 Å². The van der Waals surface area contributed by atoms with Crippen LogP contribution < -0.4 is 20.1 Å². The van der Waals surface area contributed by atoms with Gasteiger partial charge in [-0.15, -0.1) is 0 Å². The molecule has 2 amide bonds. The third kappa shape index (κ3) is 3.05. The Labute approximate surface area is 94.7 Å². The lowest BCUT2D eigenvalue weighted by Gasteiger charge is -2.10. The number of nitrogens with one attached hydrogen (secondary N) is 2. The van der Waals surface area contributed by atoms with Crippen LogP contribution in [0.3, 0.4) is 0 Å². The minimum Gasteiger partial charge on any atom is -0.493 e. The van der Waals surface area contributed by atoms with Gasteiger partial charge in [0.2, 0.25) is 0 Å². The van der Waals surface area contributed by atoms with Gasteiger partial charge in [-0.1, -0.05) is 0 Å². The minimum absolute atomic E-state index is 0.241. The quantitative estimate of drug-likeness (QED) is 0.820. The molecule has 1 aromatic carbocycles. The molecule has 0 saturated carbocycles. The summed E-state index contributed by atoms with van der Waals surface area (Å²) in [5.74, 6) is 1.21. The molecular weight excluding hydrogens is 208 g/mol. The number of anilines is 1. The van der Waals surface area contributed by atoms with Gasteiger partial charge in [0.25, 0.3) is 0 Å². The Morgan fingerprint density at radius 2 is 1.94 bits per heavy atom. The first kappa shape index (κ1) is 12.2. The first-order valence-corrected chi connectivity index (χ1v) is 4.98. The van der Waals surface area contributed by atoms with Crippen LogP contribution in [0.4, 0.5) is 10.5 Å². The SMILES string of the molecule is CCNC(=O)Nc1ccc(OC)c(OC)c1. The first-order chi connectivity index (χ1) is 7.71. The highest BCUT2D eigenvalue weighted by atomic mass is 16.5. The molecule has 0 aliphatic rings. The maximum absolute atomic E-state index is 11.3. The van der Waals surface area contributed by atoms with Crippen LogP contribution in [0.15, 0.2) is 18.2 Å². The second kappa shape index (κ2) is 5.85. The van der Waals surface area contributed by atoms with Crippen LogP contribution in [0.25, 0.3) is 0 Å². The average molecular weight is 224 g/mol. The number of benzene rings is 1. The number of carbonyl (C=O) groups is 1. The zero-order valence-corrected chi connectivity index (χ0v) is 9.66. The van der Waals surface area contributed by atoms with E-state index in [-0.39, 0.29) is 6.03 Å². The molecule has 0 aliphatic carbocycles. The Bertz CT molecular complexity index is 366. The monoisotopic (exact) mass is 224 g/mol. The Morgan fingerprint density at radius 3 is 2.50 bits per heavy atom. The van der Waals surface area contributed by atoms with E-state index in [9.17, 15) is 4.79 Å². The molecule has 2 N–H and O–H groups in total. The Hall–Kier alpha value is -1.91. The van der Waals surface area contributed by atoms with Gasteiger partial charge in [0.05, 0.1) is 14.2 Å². The molecule has 0 heterocycles. The van der Waals surface area contributed by atoms with E-state index in [1.54, 1.807) is 32.4 Å². The van der Waals surface area contributed by atoms with Crippen molar-refractivity contribution in [2.24, 2.45) is 0 Å². The summed E-state index contributed by atoms with van der Waals surface area (Å²) in [6, 6.07) is 4.94. The van der Waals surface area contributed by atoms with E-state index < -0.39 is 0 Å². The predicted octanol–water partition coefficient (Wildman–Crippen LogP) is 1.85. The number of urea groups is 1. The number of methoxy groups -OCH3 is 2. The Kier molecular flexibility index (Phi) is 4.44. The number of carbonyl (C=O) groups excluding carboxylic acids is 1. The van der Waals surface area contributed by atoms with Crippen LogP contribution >= 0.6 is 0 Å². The van der Waals surface area contributed by atoms with Crippen molar-refractivity contribution in [1.29, 1.82) is 0 Å². The number of hydrogen-bond donors (Lipinski definition) is 2. The smallest absolute Gasteiger partial charge is 0.319 e. The molecular formula is C11H16N2O3. The van der Waals surface area contributed by atoms with E-state index in [2.05, 4.69) is 10.6 Å². The summed E-state index contributed by atoms with van der Waals surface area (Å²) in [6.45, 7) is 2.44. The van der Waals surface area contributed by atoms with Crippen molar-refractivity contribution in [3.63, 3.8) is 0 Å². The fourth-order valence-electron chi connectivity index (χ4n) is 1.25. The number of rotatable bonds is 4. The highest BCUT2D eigenvalue weighted by Gasteiger charge is 2.06.